The minimum absolute atomic E-state index is 0.0279. The van der Waals surface area contributed by atoms with Crippen molar-refractivity contribution in [1.82, 2.24) is 0 Å². The standard InChI is InChI=1S/C21H19NO/c1-17-8-6-11-19(16-17)20(23)21(2,13-7-15-22)14-12-18-9-4-3-5-10-18/h3-6,8-11,16H,7,13H2,1-2H3. The van der Waals surface area contributed by atoms with E-state index in [2.05, 4.69) is 17.9 Å². The lowest BCUT2D eigenvalue weighted by Crippen LogP contribution is -2.26. The zero-order valence-corrected chi connectivity index (χ0v) is 13.5. The molecule has 2 aromatic carbocycles. The van der Waals surface area contributed by atoms with E-state index in [1.807, 2.05) is 68.4 Å². The Hall–Kier alpha value is -2.84. The molecule has 0 heterocycles. The molecule has 0 radical (unpaired) electrons. The summed E-state index contributed by atoms with van der Waals surface area (Å²) in [5, 5.41) is 8.90. The maximum atomic E-state index is 12.9. The van der Waals surface area contributed by atoms with E-state index in [4.69, 9.17) is 5.26 Å². The highest BCUT2D eigenvalue weighted by Gasteiger charge is 2.31. The number of nitrogens with zero attached hydrogens (tertiary/aromatic N) is 1. The lowest BCUT2D eigenvalue weighted by atomic mass is 9.78. The average Bonchev–Trinajstić information content (AvgIpc) is 2.58. The van der Waals surface area contributed by atoms with Crippen LogP contribution < -0.4 is 0 Å². The van der Waals surface area contributed by atoms with Crippen LogP contribution in [-0.4, -0.2) is 5.78 Å². The van der Waals surface area contributed by atoms with Gasteiger partial charge in [-0.1, -0.05) is 53.8 Å². The molecule has 0 saturated carbocycles. The number of aryl methyl sites for hydroxylation is 1. The number of benzene rings is 2. The molecule has 2 heteroatoms. The van der Waals surface area contributed by atoms with Gasteiger partial charge in [0.25, 0.3) is 0 Å². The van der Waals surface area contributed by atoms with Crippen LogP contribution in [0, 0.1) is 35.5 Å². The van der Waals surface area contributed by atoms with Crippen LogP contribution in [0.15, 0.2) is 54.6 Å². The first-order valence-corrected chi connectivity index (χ1v) is 7.62. The van der Waals surface area contributed by atoms with Crippen molar-refractivity contribution in [3.05, 3.63) is 71.3 Å². The number of hydrogen-bond donors (Lipinski definition) is 0. The molecule has 0 saturated heterocycles. The Morgan fingerprint density at radius 2 is 1.87 bits per heavy atom. The van der Waals surface area contributed by atoms with Gasteiger partial charge >= 0.3 is 0 Å². The second-order valence-electron chi connectivity index (χ2n) is 5.80. The van der Waals surface area contributed by atoms with Crippen LogP contribution >= 0.6 is 0 Å². The van der Waals surface area contributed by atoms with Crippen molar-refractivity contribution >= 4 is 5.78 Å². The molecule has 0 aliphatic rings. The molecule has 0 amide bonds. The van der Waals surface area contributed by atoms with Crippen LogP contribution in [0.2, 0.25) is 0 Å². The van der Waals surface area contributed by atoms with Gasteiger partial charge < -0.3 is 0 Å². The number of carbonyl (C=O) groups is 1. The first-order valence-electron chi connectivity index (χ1n) is 7.62. The van der Waals surface area contributed by atoms with Crippen LogP contribution in [0.25, 0.3) is 0 Å². The fraction of sp³-hybridized carbons (Fsp3) is 0.238. The van der Waals surface area contributed by atoms with Crippen molar-refractivity contribution in [2.24, 2.45) is 5.41 Å². The highest BCUT2D eigenvalue weighted by atomic mass is 16.1. The lowest BCUT2D eigenvalue weighted by Gasteiger charge is -2.21. The van der Waals surface area contributed by atoms with Crippen LogP contribution in [0.3, 0.4) is 0 Å². The average molecular weight is 301 g/mol. The predicted molar refractivity (Wildman–Crippen MR) is 91.8 cm³/mol. The Bertz CT molecular complexity index is 790. The maximum Gasteiger partial charge on any atom is 0.180 e. The summed E-state index contributed by atoms with van der Waals surface area (Å²) in [6.07, 6.45) is 0.730. The van der Waals surface area contributed by atoms with Crippen LogP contribution in [0.5, 0.6) is 0 Å². The van der Waals surface area contributed by atoms with Crippen molar-refractivity contribution in [3.63, 3.8) is 0 Å². The molecule has 0 aromatic heterocycles. The third kappa shape index (κ3) is 4.31. The van der Waals surface area contributed by atoms with Gasteiger partial charge in [-0.2, -0.15) is 5.26 Å². The van der Waals surface area contributed by atoms with E-state index < -0.39 is 5.41 Å². The number of rotatable bonds is 4. The number of nitriles is 1. The summed E-state index contributed by atoms with van der Waals surface area (Å²) >= 11 is 0. The van der Waals surface area contributed by atoms with E-state index in [9.17, 15) is 4.79 Å². The van der Waals surface area contributed by atoms with E-state index in [1.165, 1.54) is 0 Å². The van der Waals surface area contributed by atoms with E-state index in [0.29, 0.717) is 18.4 Å². The summed E-state index contributed by atoms with van der Waals surface area (Å²) < 4.78 is 0. The Morgan fingerprint density at radius 1 is 1.13 bits per heavy atom. The first-order chi connectivity index (χ1) is 11.0. The summed E-state index contributed by atoms with van der Waals surface area (Å²) in [6, 6.07) is 19.2. The maximum absolute atomic E-state index is 12.9. The molecule has 0 aliphatic heterocycles. The molecule has 0 bridgehead atoms. The van der Waals surface area contributed by atoms with E-state index in [0.717, 1.165) is 11.1 Å². The van der Waals surface area contributed by atoms with E-state index in [1.54, 1.807) is 0 Å². The Morgan fingerprint density at radius 3 is 2.52 bits per heavy atom. The fourth-order valence-corrected chi connectivity index (χ4v) is 2.38. The largest absolute Gasteiger partial charge is 0.292 e. The number of hydrogen-bond acceptors (Lipinski definition) is 2. The van der Waals surface area contributed by atoms with Gasteiger partial charge in [0.05, 0.1) is 11.5 Å². The van der Waals surface area contributed by atoms with Gasteiger partial charge in [0, 0.05) is 17.5 Å². The van der Waals surface area contributed by atoms with Gasteiger partial charge in [-0.3, -0.25) is 4.79 Å². The summed E-state index contributed by atoms with van der Waals surface area (Å²) in [7, 11) is 0. The van der Waals surface area contributed by atoms with Crippen molar-refractivity contribution in [1.29, 1.82) is 5.26 Å². The topological polar surface area (TPSA) is 40.9 Å². The SMILES string of the molecule is Cc1cccc(C(=O)C(C)(C#Cc2ccccc2)CCC#N)c1. The molecular weight excluding hydrogens is 282 g/mol. The normalized spacial score (nSPS) is 12.4. The smallest absolute Gasteiger partial charge is 0.180 e. The lowest BCUT2D eigenvalue weighted by molar-refractivity contribution is 0.0871. The molecule has 0 fully saturated rings. The third-order valence-corrected chi connectivity index (χ3v) is 3.77. The minimum atomic E-state index is -0.862. The summed E-state index contributed by atoms with van der Waals surface area (Å²) in [5.41, 5.74) is 1.69. The number of carbonyl (C=O) groups excluding carboxylic acids is 1. The molecule has 0 N–H and O–H groups in total. The van der Waals surface area contributed by atoms with Gasteiger partial charge in [0.15, 0.2) is 5.78 Å². The molecule has 2 aromatic rings. The van der Waals surface area contributed by atoms with Crippen molar-refractivity contribution in [2.45, 2.75) is 26.7 Å². The van der Waals surface area contributed by atoms with Crippen molar-refractivity contribution in [2.75, 3.05) is 0 Å². The van der Waals surface area contributed by atoms with Crippen LogP contribution in [-0.2, 0) is 0 Å². The Balaban J connectivity index is 2.37. The summed E-state index contributed by atoms with van der Waals surface area (Å²) in [4.78, 5) is 12.9. The second-order valence-corrected chi connectivity index (χ2v) is 5.80. The summed E-state index contributed by atoms with van der Waals surface area (Å²) in [5.74, 6) is 6.17. The van der Waals surface area contributed by atoms with Gasteiger partial charge in [-0.15, -0.1) is 0 Å². The minimum Gasteiger partial charge on any atom is -0.292 e. The number of ketones is 1. The van der Waals surface area contributed by atoms with Crippen LogP contribution in [0.1, 0.15) is 41.3 Å². The first kappa shape index (κ1) is 16.5. The third-order valence-electron chi connectivity index (χ3n) is 3.77. The molecule has 23 heavy (non-hydrogen) atoms. The molecule has 0 aliphatic carbocycles. The quantitative estimate of drug-likeness (QED) is 0.614. The molecule has 1 atom stereocenters. The zero-order chi connectivity index (χ0) is 16.7. The van der Waals surface area contributed by atoms with E-state index >= 15 is 0 Å². The van der Waals surface area contributed by atoms with Gasteiger partial charge in [0.2, 0.25) is 0 Å². The Kier molecular flexibility index (Phi) is 5.34. The predicted octanol–water partition coefficient (Wildman–Crippen LogP) is 4.54. The highest BCUT2D eigenvalue weighted by Crippen LogP contribution is 2.28. The molecule has 1 unspecified atom stereocenters. The summed E-state index contributed by atoms with van der Waals surface area (Å²) in [6.45, 7) is 3.78. The molecular formula is C21H19NO. The molecule has 2 nitrogen and oxygen atoms in total. The van der Waals surface area contributed by atoms with Gasteiger partial charge in [-0.25, -0.2) is 0 Å². The number of Topliss-reactive ketones (excluding diaryl/α,β-unsaturated/α-hetero) is 1. The Labute approximate surface area is 137 Å². The van der Waals surface area contributed by atoms with Crippen molar-refractivity contribution < 1.29 is 4.79 Å². The zero-order valence-electron chi connectivity index (χ0n) is 13.5. The van der Waals surface area contributed by atoms with Crippen molar-refractivity contribution in [3.8, 4) is 17.9 Å². The molecule has 0 spiro atoms. The van der Waals surface area contributed by atoms with E-state index in [-0.39, 0.29) is 5.78 Å². The van der Waals surface area contributed by atoms with Crippen LogP contribution in [0.4, 0.5) is 0 Å². The molecule has 2 rings (SSSR count). The monoisotopic (exact) mass is 301 g/mol. The van der Waals surface area contributed by atoms with Gasteiger partial charge in [-0.05, 0) is 38.5 Å². The highest BCUT2D eigenvalue weighted by molar-refractivity contribution is 6.02. The fourth-order valence-electron chi connectivity index (χ4n) is 2.38. The van der Waals surface area contributed by atoms with Gasteiger partial charge in [0.1, 0.15) is 0 Å². The molecule has 114 valence electrons. The second kappa shape index (κ2) is 7.43.